The minimum Gasteiger partial charge on any atom is -0.258 e. The summed E-state index contributed by atoms with van der Waals surface area (Å²) in [5.41, 5.74) is 0.132. The number of benzene rings is 3. The summed E-state index contributed by atoms with van der Waals surface area (Å²) in [4.78, 5) is 10.3. The van der Waals surface area contributed by atoms with E-state index in [4.69, 9.17) is 0 Å². The van der Waals surface area contributed by atoms with E-state index in [1.54, 1.807) is 12.1 Å². The average Bonchev–Trinajstić information content (AvgIpc) is 2.35. The van der Waals surface area contributed by atoms with Gasteiger partial charge in [0.2, 0.25) is 0 Å². The summed E-state index contributed by atoms with van der Waals surface area (Å²) in [5.74, 6) is 0. The first-order valence-corrected chi connectivity index (χ1v) is 5.31. The lowest BCUT2D eigenvalue weighted by molar-refractivity contribution is -0.384. The van der Waals surface area contributed by atoms with Crippen LogP contribution < -0.4 is 0 Å². The number of rotatable bonds is 1. The third-order valence-corrected chi connectivity index (χ3v) is 2.90. The molecule has 0 radical (unpaired) electrons. The molecule has 3 aromatic carbocycles. The van der Waals surface area contributed by atoms with E-state index >= 15 is 0 Å². The van der Waals surface area contributed by atoms with Gasteiger partial charge in [-0.25, -0.2) is 0 Å². The smallest absolute Gasteiger partial charge is 0.258 e. The van der Waals surface area contributed by atoms with Crippen molar-refractivity contribution in [3.8, 4) is 0 Å². The van der Waals surface area contributed by atoms with Gasteiger partial charge in [0.25, 0.3) is 5.69 Å². The molecule has 0 N–H and O–H groups in total. The molecule has 0 spiro atoms. The van der Waals surface area contributed by atoms with Crippen molar-refractivity contribution in [2.75, 3.05) is 0 Å². The molecular weight excluding hydrogens is 214 g/mol. The molecule has 3 aromatic rings. The van der Waals surface area contributed by atoms with Crippen LogP contribution in [0.5, 0.6) is 0 Å². The number of nitro groups is 1. The van der Waals surface area contributed by atoms with Crippen molar-refractivity contribution in [1.29, 1.82) is 0 Å². The number of hydrogen-bond donors (Lipinski definition) is 0. The molecule has 0 amide bonds. The zero-order valence-corrected chi connectivity index (χ0v) is 8.96. The van der Waals surface area contributed by atoms with Crippen LogP contribution in [0.3, 0.4) is 0 Å². The molecule has 0 aliphatic carbocycles. The second-order valence-electron chi connectivity index (χ2n) is 3.99. The predicted molar refractivity (Wildman–Crippen MR) is 68.1 cm³/mol. The molecule has 0 fully saturated rings. The Bertz CT molecular complexity index is 734. The minimum atomic E-state index is -0.366. The van der Waals surface area contributed by atoms with Gasteiger partial charge in [-0.15, -0.1) is 0 Å². The summed E-state index contributed by atoms with van der Waals surface area (Å²) < 4.78 is 0. The zero-order chi connectivity index (χ0) is 11.8. The summed E-state index contributed by atoms with van der Waals surface area (Å²) in [6, 6.07) is 17.0. The van der Waals surface area contributed by atoms with Gasteiger partial charge < -0.3 is 0 Å². The van der Waals surface area contributed by atoms with Crippen LogP contribution in [-0.4, -0.2) is 4.92 Å². The first-order chi connectivity index (χ1) is 8.24. The second kappa shape index (κ2) is 3.56. The Labute approximate surface area is 97.4 Å². The lowest BCUT2D eigenvalue weighted by Crippen LogP contribution is -1.87. The Morgan fingerprint density at radius 1 is 0.765 bits per heavy atom. The van der Waals surface area contributed by atoms with Gasteiger partial charge >= 0.3 is 0 Å². The van der Waals surface area contributed by atoms with Gasteiger partial charge in [0.15, 0.2) is 0 Å². The largest absolute Gasteiger partial charge is 0.270 e. The fraction of sp³-hybridized carbons (Fsp3) is 0. The molecule has 0 aliphatic rings. The van der Waals surface area contributed by atoms with Crippen LogP contribution in [0.25, 0.3) is 21.5 Å². The molecule has 3 heteroatoms. The van der Waals surface area contributed by atoms with Crippen molar-refractivity contribution in [2.45, 2.75) is 0 Å². The van der Waals surface area contributed by atoms with Crippen molar-refractivity contribution < 1.29 is 4.92 Å². The molecule has 3 nitrogen and oxygen atoms in total. The maximum atomic E-state index is 10.7. The lowest BCUT2D eigenvalue weighted by Gasteiger charge is -2.01. The Morgan fingerprint density at radius 3 is 2.00 bits per heavy atom. The number of fused-ring (bicyclic) bond motifs is 2. The molecule has 0 bridgehead atoms. The first-order valence-electron chi connectivity index (χ1n) is 5.31. The molecule has 82 valence electrons. The molecular formula is C14H9NO2. The predicted octanol–water partition coefficient (Wildman–Crippen LogP) is 3.90. The molecule has 0 saturated heterocycles. The number of nitrogens with zero attached hydrogens (tertiary/aromatic N) is 1. The molecule has 0 atom stereocenters. The lowest BCUT2D eigenvalue weighted by atomic mass is 10.0. The fourth-order valence-electron chi connectivity index (χ4n) is 2.04. The van der Waals surface area contributed by atoms with Crippen molar-refractivity contribution in [3.63, 3.8) is 0 Å². The third kappa shape index (κ3) is 1.61. The summed E-state index contributed by atoms with van der Waals surface area (Å²) in [5, 5.41) is 14.9. The van der Waals surface area contributed by atoms with E-state index in [0.29, 0.717) is 0 Å². The van der Waals surface area contributed by atoms with Gasteiger partial charge in [-0.05, 0) is 39.7 Å². The summed E-state index contributed by atoms with van der Waals surface area (Å²) in [6.07, 6.45) is 0. The van der Waals surface area contributed by atoms with Gasteiger partial charge in [-0.3, -0.25) is 10.1 Å². The Hall–Kier alpha value is -2.42. The molecule has 0 unspecified atom stereocenters. The molecule has 0 saturated carbocycles. The van der Waals surface area contributed by atoms with E-state index < -0.39 is 0 Å². The van der Waals surface area contributed by atoms with Crippen LogP contribution in [0, 0.1) is 10.1 Å². The standard InChI is InChI=1S/C14H9NO2/c16-15(17)14-6-5-12-7-10-3-1-2-4-11(10)8-13(12)9-14/h1-9H. The van der Waals surface area contributed by atoms with Gasteiger partial charge in [0.05, 0.1) is 4.92 Å². The third-order valence-electron chi connectivity index (χ3n) is 2.90. The van der Waals surface area contributed by atoms with Crippen LogP contribution in [0.15, 0.2) is 54.6 Å². The van der Waals surface area contributed by atoms with Gasteiger partial charge in [-0.1, -0.05) is 24.3 Å². The Kier molecular flexibility index (Phi) is 2.05. The molecule has 17 heavy (non-hydrogen) atoms. The summed E-state index contributed by atoms with van der Waals surface area (Å²) >= 11 is 0. The zero-order valence-electron chi connectivity index (χ0n) is 8.96. The van der Waals surface area contributed by atoms with Crippen LogP contribution in [0.2, 0.25) is 0 Å². The number of non-ortho nitro benzene ring substituents is 1. The van der Waals surface area contributed by atoms with Crippen LogP contribution in [0.4, 0.5) is 5.69 Å². The topological polar surface area (TPSA) is 43.1 Å². The second-order valence-corrected chi connectivity index (χ2v) is 3.99. The van der Waals surface area contributed by atoms with E-state index in [1.807, 2.05) is 36.4 Å². The van der Waals surface area contributed by atoms with E-state index in [2.05, 4.69) is 0 Å². The maximum Gasteiger partial charge on any atom is 0.270 e. The van der Waals surface area contributed by atoms with Crippen LogP contribution in [0.1, 0.15) is 0 Å². The Morgan fingerprint density at radius 2 is 1.35 bits per heavy atom. The van der Waals surface area contributed by atoms with Gasteiger partial charge in [0.1, 0.15) is 0 Å². The Balaban J connectivity index is 2.36. The van der Waals surface area contributed by atoms with Gasteiger partial charge in [-0.2, -0.15) is 0 Å². The average molecular weight is 223 g/mol. The quantitative estimate of drug-likeness (QED) is 0.356. The van der Waals surface area contributed by atoms with E-state index in [-0.39, 0.29) is 10.6 Å². The summed E-state index contributed by atoms with van der Waals surface area (Å²) in [6.45, 7) is 0. The minimum absolute atomic E-state index is 0.132. The van der Waals surface area contributed by atoms with Crippen molar-refractivity contribution in [2.24, 2.45) is 0 Å². The van der Waals surface area contributed by atoms with E-state index in [0.717, 1.165) is 21.5 Å². The highest BCUT2D eigenvalue weighted by Gasteiger charge is 2.06. The van der Waals surface area contributed by atoms with Gasteiger partial charge in [0, 0.05) is 12.1 Å². The van der Waals surface area contributed by atoms with Crippen LogP contribution >= 0.6 is 0 Å². The number of nitro benzene ring substituents is 1. The van der Waals surface area contributed by atoms with Crippen molar-refractivity contribution >= 4 is 27.2 Å². The molecule has 0 heterocycles. The van der Waals surface area contributed by atoms with E-state index in [1.165, 1.54) is 6.07 Å². The summed E-state index contributed by atoms with van der Waals surface area (Å²) in [7, 11) is 0. The maximum absolute atomic E-state index is 10.7. The van der Waals surface area contributed by atoms with E-state index in [9.17, 15) is 10.1 Å². The monoisotopic (exact) mass is 223 g/mol. The molecule has 0 aliphatic heterocycles. The highest BCUT2D eigenvalue weighted by molar-refractivity contribution is 5.98. The van der Waals surface area contributed by atoms with Crippen molar-refractivity contribution in [3.05, 3.63) is 64.7 Å². The van der Waals surface area contributed by atoms with Crippen molar-refractivity contribution in [1.82, 2.24) is 0 Å². The number of hydrogen-bond acceptors (Lipinski definition) is 2. The van der Waals surface area contributed by atoms with Crippen LogP contribution in [-0.2, 0) is 0 Å². The normalized spacial score (nSPS) is 10.8. The first kappa shape index (κ1) is 9.78. The molecule has 3 rings (SSSR count). The fourth-order valence-corrected chi connectivity index (χ4v) is 2.04. The SMILES string of the molecule is O=[N+]([O-])c1ccc2cc3ccccc3cc2c1. The highest BCUT2D eigenvalue weighted by Crippen LogP contribution is 2.25. The molecule has 0 aromatic heterocycles. The highest BCUT2D eigenvalue weighted by atomic mass is 16.6.